The van der Waals surface area contributed by atoms with Crippen LogP contribution in [-0.4, -0.2) is 43.3 Å². The quantitative estimate of drug-likeness (QED) is 0.834. The Bertz CT molecular complexity index is 615. The number of hydrogen-bond donors (Lipinski definition) is 0. The molecule has 0 N–H and O–H groups in total. The van der Waals surface area contributed by atoms with Crippen molar-refractivity contribution in [3.05, 3.63) is 34.9 Å². The maximum atomic E-state index is 12.7. The molecule has 0 saturated carbocycles. The van der Waals surface area contributed by atoms with E-state index in [1.165, 1.54) is 0 Å². The maximum Gasteiger partial charge on any atom is 0.254 e. The van der Waals surface area contributed by atoms with E-state index in [2.05, 4.69) is 0 Å². The smallest absolute Gasteiger partial charge is 0.254 e. The summed E-state index contributed by atoms with van der Waals surface area (Å²) in [5.74, 6) is 0.111. The molecule has 1 amide bonds. The van der Waals surface area contributed by atoms with Gasteiger partial charge in [0.1, 0.15) is 0 Å². The van der Waals surface area contributed by atoms with Gasteiger partial charge in [0.2, 0.25) is 0 Å². The van der Waals surface area contributed by atoms with Crippen LogP contribution >= 0.6 is 11.6 Å². The summed E-state index contributed by atoms with van der Waals surface area (Å²) in [6.07, 6.45) is 2.35. The fraction of sp³-hybridized carbons (Fsp3) is 0.533. The molecule has 21 heavy (non-hydrogen) atoms. The first-order chi connectivity index (χ1) is 9.93. The number of rotatable bonds is 5. The summed E-state index contributed by atoms with van der Waals surface area (Å²) in [6, 6.07) is 6.59. The molecule has 0 aliphatic carbocycles. The van der Waals surface area contributed by atoms with Crippen molar-refractivity contribution in [3.8, 4) is 0 Å². The van der Waals surface area contributed by atoms with Crippen molar-refractivity contribution in [1.82, 2.24) is 4.90 Å². The molecular weight excluding hydrogens is 310 g/mol. The van der Waals surface area contributed by atoms with Crippen molar-refractivity contribution in [2.45, 2.75) is 32.2 Å². The number of carbonyl (C=O) groups is 1. The molecule has 2 rings (SSSR count). The third-order valence-corrected chi connectivity index (χ3v) is 5.72. The Morgan fingerprint density at radius 2 is 2.19 bits per heavy atom. The van der Waals surface area contributed by atoms with E-state index in [1.807, 2.05) is 6.92 Å². The van der Waals surface area contributed by atoms with Gasteiger partial charge in [0.15, 0.2) is 9.84 Å². The first-order valence-corrected chi connectivity index (χ1v) is 9.40. The van der Waals surface area contributed by atoms with Gasteiger partial charge < -0.3 is 4.90 Å². The molecule has 6 heteroatoms. The SMILES string of the molecule is CCCCN(C(=O)c1cccc(Cl)c1)[C@H]1CCS(=O)(=O)C1. The molecule has 0 spiro atoms. The standard InChI is InChI=1S/C15H20ClNO3S/c1-2-3-8-17(14-7-9-21(19,20)11-14)15(18)12-5-4-6-13(16)10-12/h4-6,10,14H,2-3,7-9,11H2,1H3/t14-/m0/s1. The van der Waals surface area contributed by atoms with E-state index >= 15 is 0 Å². The van der Waals surface area contributed by atoms with Gasteiger partial charge in [-0.25, -0.2) is 8.42 Å². The molecule has 1 aliphatic rings. The Balaban J connectivity index is 2.21. The average molecular weight is 330 g/mol. The second kappa shape index (κ2) is 6.79. The Kier molecular flexibility index (Phi) is 5.27. The highest BCUT2D eigenvalue weighted by Gasteiger charge is 2.34. The van der Waals surface area contributed by atoms with E-state index in [4.69, 9.17) is 11.6 Å². The summed E-state index contributed by atoms with van der Waals surface area (Å²) in [5, 5.41) is 0.510. The van der Waals surface area contributed by atoms with Crippen molar-refractivity contribution in [3.63, 3.8) is 0 Å². The van der Waals surface area contributed by atoms with Crippen molar-refractivity contribution < 1.29 is 13.2 Å². The minimum absolute atomic E-state index is 0.0724. The van der Waals surface area contributed by atoms with Gasteiger partial charge in [-0.2, -0.15) is 0 Å². The lowest BCUT2D eigenvalue weighted by atomic mass is 10.1. The van der Waals surface area contributed by atoms with E-state index in [9.17, 15) is 13.2 Å². The van der Waals surface area contributed by atoms with Gasteiger partial charge in [-0.05, 0) is 31.0 Å². The zero-order valence-corrected chi connectivity index (χ0v) is 13.7. The fourth-order valence-electron chi connectivity index (χ4n) is 2.59. The van der Waals surface area contributed by atoms with Gasteiger partial charge >= 0.3 is 0 Å². The van der Waals surface area contributed by atoms with Crippen LogP contribution < -0.4 is 0 Å². The molecule has 1 aliphatic heterocycles. The molecule has 4 nitrogen and oxygen atoms in total. The summed E-state index contributed by atoms with van der Waals surface area (Å²) >= 11 is 5.94. The van der Waals surface area contributed by atoms with Gasteiger partial charge in [0.05, 0.1) is 11.5 Å². The molecule has 0 radical (unpaired) electrons. The average Bonchev–Trinajstić information content (AvgIpc) is 2.79. The number of amides is 1. The lowest BCUT2D eigenvalue weighted by molar-refractivity contribution is 0.0694. The third kappa shape index (κ3) is 4.20. The van der Waals surface area contributed by atoms with Gasteiger partial charge in [-0.1, -0.05) is 31.0 Å². The summed E-state index contributed by atoms with van der Waals surface area (Å²) in [5.41, 5.74) is 0.517. The number of unbranched alkanes of at least 4 members (excludes halogenated alkanes) is 1. The van der Waals surface area contributed by atoms with Crippen molar-refractivity contribution in [1.29, 1.82) is 0 Å². The zero-order valence-electron chi connectivity index (χ0n) is 12.1. The minimum Gasteiger partial charge on any atom is -0.335 e. The fourth-order valence-corrected chi connectivity index (χ4v) is 4.51. The Morgan fingerprint density at radius 3 is 2.76 bits per heavy atom. The normalized spacial score (nSPS) is 20.4. The van der Waals surface area contributed by atoms with Crippen LogP contribution in [0.3, 0.4) is 0 Å². The van der Waals surface area contributed by atoms with E-state index in [0.717, 1.165) is 12.8 Å². The first-order valence-electron chi connectivity index (χ1n) is 7.20. The van der Waals surface area contributed by atoms with Gasteiger partial charge in [-0.3, -0.25) is 4.79 Å². The number of halogens is 1. The topological polar surface area (TPSA) is 54.5 Å². The minimum atomic E-state index is -3.01. The third-order valence-electron chi connectivity index (χ3n) is 3.73. The van der Waals surface area contributed by atoms with Crippen LogP contribution in [0.15, 0.2) is 24.3 Å². The van der Waals surface area contributed by atoms with Gasteiger partial charge in [0.25, 0.3) is 5.91 Å². The monoisotopic (exact) mass is 329 g/mol. The maximum absolute atomic E-state index is 12.7. The van der Waals surface area contributed by atoms with Crippen LogP contribution in [-0.2, 0) is 9.84 Å². The summed E-state index contributed by atoms with van der Waals surface area (Å²) in [4.78, 5) is 14.4. The molecule has 1 aromatic carbocycles. The molecule has 0 bridgehead atoms. The highest BCUT2D eigenvalue weighted by atomic mass is 35.5. The molecule has 1 fully saturated rings. The van der Waals surface area contributed by atoms with Crippen LogP contribution in [0.4, 0.5) is 0 Å². The molecule has 1 atom stereocenters. The number of sulfone groups is 1. The van der Waals surface area contributed by atoms with Crippen molar-refractivity contribution >= 4 is 27.3 Å². The summed E-state index contributed by atoms with van der Waals surface area (Å²) in [7, 11) is -3.01. The predicted octanol–water partition coefficient (Wildman–Crippen LogP) is 2.77. The zero-order chi connectivity index (χ0) is 15.5. The molecule has 1 aromatic rings. The number of nitrogens with zero attached hydrogens (tertiary/aromatic N) is 1. The molecule has 1 saturated heterocycles. The Morgan fingerprint density at radius 1 is 1.43 bits per heavy atom. The Labute approximate surface area is 131 Å². The molecule has 1 heterocycles. The predicted molar refractivity (Wildman–Crippen MR) is 84.5 cm³/mol. The highest BCUT2D eigenvalue weighted by Crippen LogP contribution is 2.21. The van der Waals surface area contributed by atoms with E-state index in [0.29, 0.717) is 23.6 Å². The second-order valence-corrected chi connectivity index (χ2v) is 8.08. The van der Waals surface area contributed by atoms with Gasteiger partial charge in [-0.15, -0.1) is 0 Å². The van der Waals surface area contributed by atoms with Crippen molar-refractivity contribution in [2.75, 3.05) is 18.1 Å². The van der Waals surface area contributed by atoms with Crippen LogP contribution in [0.5, 0.6) is 0 Å². The lowest BCUT2D eigenvalue weighted by Gasteiger charge is -2.28. The van der Waals surface area contributed by atoms with Crippen LogP contribution in [0.25, 0.3) is 0 Å². The summed E-state index contributed by atoms with van der Waals surface area (Å²) < 4.78 is 23.3. The number of benzene rings is 1. The van der Waals surface area contributed by atoms with Gasteiger partial charge in [0, 0.05) is 23.2 Å². The van der Waals surface area contributed by atoms with E-state index in [1.54, 1.807) is 29.2 Å². The Hall–Kier alpha value is -1.07. The number of hydrogen-bond acceptors (Lipinski definition) is 3. The molecule has 0 aromatic heterocycles. The van der Waals surface area contributed by atoms with Crippen molar-refractivity contribution in [2.24, 2.45) is 0 Å². The molecule has 116 valence electrons. The van der Waals surface area contributed by atoms with Crippen LogP contribution in [0, 0.1) is 0 Å². The molecule has 0 unspecified atom stereocenters. The van der Waals surface area contributed by atoms with Crippen LogP contribution in [0.1, 0.15) is 36.5 Å². The van der Waals surface area contributed by atoms with E-state index < -0.39 is 9.84 Å². The lowest BCUT2D eigenvalue weighted by Crippen LogP contribution is -2.41. The first kappa shape index (κ1) is 16.3. The van der Waals surface area contributed by atoms with Crippen LogP contribution in [0.2, 0.25) is 5.02 Å². The number of carbonyl (C=O) groups excluding carboxylic acids is 1. The summed E-state index contributed by atoms with van der Waals surface area (Å²) in [6.45, 7) is 2.63. The van der Waals surface area contributed by atoms with E-state index in [-0.39, 0.29) is 23.5 Å². The highest BCUT2D eigenvalue weighted by molar-refractivity contribution is 7.91. The largest absolute Gasteiger partial charge is 0.335 e. The second-order valence-electron chi connectivity index (χ2n) is 5.42. The molecular formula is C15H20ClNO3S.